The molecule has 0 aliphatic heterocycles. The Morgan fingerprint density at radius 3 is 2.76 bits per heavy atom. The van der Waals surface area contributed by atoms with Crippen molar-refractivity contribution in [2.24, 2.45) is 11.8 Å². The third-order valence-electron chi connectivity index (χ3n) is 5.18. The zero-order valence-corrected chi connectivity index (χ0v) is 14.6. The number of hydrogen-bond donors (Lipinski definition) is 1. The number of carbonyl (C=O) groups is 2. The highest BCUT2D eigenvalue weighted by atomic mass is 32.1. The molecule has 1 N–H and O–H groups in total. The monoisotopic (exact) mass is 356 g/mol. The van der Waals surface area contributed by atoms with Gasteiger partial charge in [-0.2, -0.15) is 0 Å². The van der Waals surface area contributed by atoms with E-state index in [9.17, 15) is 9.59 Å². The Hall–Kier alpha value is -2.21. The van der Waals surface area contributed by atoms with Crippen molar-refractivity contribution in [2.75, 3.05) is 0 Å². The van der Waals surface area contributed by atoms with Crippen molar-refractivity contribution >= 4 is 23.2 Å². The average Bonchev–Trinajstić information content (AvgIpc) is 3.37. The van der Waals surface area contributed by atoms with E-state index in [1.54, 1.807) is 29.6 Å². The number of ether oxygens (including phenoxy) is 1. The molecule has 0 spiro atoms. The Kier molecular flexibility index (Phi) is 4.53. The Morgan fingerprint density at radius 2 is 2.04 bits per heavy atom. The van der Waals surface area contributed by atoms with Gasteiger partial charge in [-0.3, -0.25) is 4.79 Å². The molecule has 2 bridgehead atoms. The number of esters is 1. The summed E-state index contributed by atoms with van der Waals surface area (Å²) in [6, 6.07) is 9.14. The minimum atomic E-state index is -0.385. The van der Waals surface area contributed by atoms with Crippen molar-refractivity contribution in [3.63, 3.8) is 0 Å². The lowest BCUT2D eigenvalue weighted by molar-refractivity contribution is 0.0472. The molecule has 2 aliphatic carbocycles. The second kappa shape index (κ2) is 6.96. The van der Waals surface area contributed by atoms with E-state index in [-0.39, 0.29) is 18.5 Å². The first-order valence-electron chi connectivity index (χ1n) is 8.66. The van der Waals surface area contributed by atoms with Crippen molar-refractivity contribution < 1.29 is 14.3 Å². The van der Waals surface area contributed by atoms with Crippen LogP contribution in [-0.2, 0) is 11.3 Å². The summed E-state index contributed by atoms with van der Waals surface area (Å²) >= 11 is 1.34. The van der Waals surface area contributed by atoms with Crippen molar-refractivity contribution in [3.8, 4) is 0 Å². The Balaban J connectivity index is 1.31. The topological polar surface area (TPSA) is 68.3 Å². The predicted molar refractivity (Wildman–Crippen MR) is 94.4 cm³/mol. The van der Waals surface area contributed by atoms with Crippen LogP contribution in [0.3, 0.4) is 0 Å². The molecule has 1 aromatic heterocycles. The Bertz CT molecular complexity index is 774. The number of benzene rings is 1. The molecule has 2 aliphatic rings. The third-order valence-corrected chi connectivity index (χ3v) is 6.00. The van der Waals surface area contributed by atoms with Gasteiger partial charge in [-0.25, -0.2) is 9.78 Å². The van der Waals surface area contributed by atoms with Gasteiger partial charge in [-0.05, 0) is 43.2 Å². The van der Waals surface area contributed by atoms with Gasteiger partial charge in [0.05, 0.1) is 5.56 Å². The number of fused-ring (bicyclic) bond motifs is 2. The fourth-order valence-corrected chi connectivity index (χ4v) is 4.62. The highest BCUT2D eigenvalue weighted by Crippen LogP contribution is 2.44. The van der Waals surface area contributed by atoms with Gasteiger partial charge in [0.25, 0.3) is 5.91 Å². The summed E-state index contributed by atoms with van der Waals surface area (Å²) < 4.78 is 5.26. The van der Waals surface area contributed by atoms with Crippen LogP contribution in [-0.4, -0.2) is 22.9 Å². The van der Waals surface area contributed by atoms with Gasteiger partial charge in [-0.15, -0.1) is 11.3 Å². The normalized spacial score (nSPS) is 24.2. The van der Waals surface area contributed by atoms with E-state index in [1.165, 1.54) is 30.6 Å². The minimum absolute atomic E-state index is 0.0831. The van der Waals surface area contributed by atoms with Crippen LogP contribution in [0.2, 0.25) is 0 Å². The summed E-state index contributed by atoms with van der Waals surface area (Å²) in [7, 11) is 0. The molecule has 130 valence electrons. The van der Waals surface area contributed by atoms with Gasteiger partial charge in [0.15, 0.2) is 0 Å². The lowest BCUT2D eigenvalue weighted by atomic mass is 9.95. The number of thiazole rings is 1. The predicted octanol–water partition coefficient (Wildman–Crippen LogP) is 3.42. The number of hydrogen-bond acceptors (Lipinski definition) is 5. The molecule has 0 unspecified atom stereocenters. The summed E-state index contributed by atoms with van der Waals surface area (Å²) in [5, 5.41) is 5.49. The molecule has 0 saturated heterocycles. The maximum absolute atomic E-state index is 12.4. The molecule has 1 aromatic carbocycles. The van der Waals surface area contributed by atoms with Gasteiger partial charge in [-0.1, -0.05) is 24.6 Å². The van der Waals surface area contributed by atoms with Crippen molar-refractivity contribution in [2.45, 2.75) is 38.3 Å². The molecule has 6 heteroatoms. The fourth-order valence-electron chi connectivity index (χ4n) is 3.93. The van der Waals surface area contributed by atoms with Crippen molar-refractivity contribution in [1.29, 1.82) is 0 Å². The SMILES string of the molecule is O=C(OCc1nc(C(=O)N[C@@H]2C[C@H]3CC[C@@H]2C3)cs1)c1ccccc1. The van der Waals surface area contributed by atoms with Crippen LogP contribution in [0.4, 0.5) is 0 Å². The molecule has 2 fully saturated rings. The summed E-state index contributed by atoms with van der Waals surface area (Å²) in [6.07, 6.45) is 4.89. The van der Waals surface area contributed by atoms with Crippen molar-refractivity contribution in [1.82, 2.24) is 10.3 Å². The van der Waals surface area contributed by atoms with Crippen LogP contribution < -0.4 is 5.32 Å². The molecule has 2 saturated carbocycles. The zero-order valence-electron chi connectivity index (χ0n) is 13.8. The third kappa shape index (κ3) is 3.58. The lowest BCUT2D eigenvalue weighted by Crippen LogP contribution is -2.38. The van der Waals surface area contributed by atoms with E-state index >= 15 is 0 Å². The first-order chi connectivity index (χ1) is 12.2. The van der Waals surface area contributed by atoms with Gasteiger partial charge < -0.3 is 10.1 Å². The Morgan fingerprint density at radius 1 is 1.20 bits per heavy atom. The first kappa shape index (κ1) is 16.3. The molecule has 1 heterocycles. The van der Waals surface area contributed by atoms with Crippen LogP contribution in [0.5, 0.6) is 0 Å². The molecular weight excluding hydrogens is 336 g/mol. The lowest BCUT2D eigenvalue weighted by Gasteiger charge is -2.22. The van der Waals surface area contributed by atoms with Gasteiger partial charge in [0.2, 0.25) is 0 Å². The van der Waals surface area contributed by atoms with Gasteiger partial charge in [0, 0.05) is 11.4 Å². The standard InChI is InChI=1S/C19H20N2O3S/c22-18(21-15-9-12-6-7-14(15)8-12)16-11-25-17(20-16)10-24-19(23)13-4-2-1-3-5-13/h1-5,11-12,14-15H,6-10H2,(H,21,22)/t12-,14+,15+/m0/s1. The van der Waals surface area contributed by atoms with E-state index in [0.717, 1.165) is 12.3 Å². The summed E-state index contributed by atoms with van der Waals surface area (Å²) in [4.78, 5) is 28.6. The van der Waals surface area contributed by atoms with Gasteiger partial charge >= 0.3 is 5.97 Å². The molecule has 1 amide bonds. The number of nitrogens with zero attached hydrogens (tertiary/aromatic N) is 1. The van der Waals surface area contributed by atoms with Crippen LogP contribution >= 0.6 is 11.3 Å². The summed E-state index contributed by atoms with van der Waals surface area (Å²) in [6.45, 7) is 0.0831. The van der Waals surface area contributed by atoms with E-state index in [4.69, 9.17) is 4.74 Å². The molecule has 0 radical (unpaired) electrons. The van der Waals surface area contributed by atoms with Crippen LogP contribution in [0.25, 0.3) is 0 Å². The second-order valence-corrected chi connectivity index (χ2v) is 7.77. The van der Waals surface area contributed by atoms with E-state index in [2.05, 4.69) is 10.3 Å². The van der Waals surface area contributed by atoms with Crippen molar-refractivity contribution in [3.05, 3.63) is 52.0 Å². The number of rotatable bonds is 5. The maximum atomic E-state index is 12.4. The number of aromatic nitrogens is 1. The fraction of sp³-hybridized carbons (Fsp3) is 0.421. The highest BCUT2D eigenvalue weighted by Gasteiger charge is 2.40. The van der Waals surface area contributed by atoms with Crippen LogP contribution in [0.1, 0.15) is 51.5 Å². The smallest absolute Gasteiger partial charge is 0.338 e. The van der Waals surface area contributed by atoms with E-state index < -0.39 is 0 Å². The van der Waals surface area contributed by atoms with Crippen LogP contribution in [0.15, 0.2) is 35.7 Å². The molecule has 4 rings (SSSR count). The van der Waals surface area contributed by atoms with Crippen LogP contribution in [0, 0.1) is 11.8 Å². The number of nitrogens with one attached hydrogen (secondary N) is 1. The van der Waals surface area contributed by atoms with E-state index in [1.807, 2.05) is 6.07 Å². The largest absolute Gasteiger partial charge is 0.455 e. The Labute approximate surface area is 150 Å². The maximum Gasteiger partial charge on any atom is 0.338 e. The minimum Gasteiger partial charge on any atom is -0.455 e. The number of amides is 1. The van der Waals surface area contributed by atoms with E-state index in [0.29, 0.717) is 28.2 Å². The molecule has 3 atom stereocenters. The van der Waals surface area contributed by atoms with Gasteiger partial charge in [0.1, 0.15) is 17.3 Å². The zero-order chi connectivity index (χ0) is 17.2. The highest BCUT2D eigenvalue weighted by molar-refractivity contribution is 7.09. The molecular formula is C19H20N2O3S. The molecule has 5 nitrogen and oxygen atoms in total. The summed E-state index contributed by atoms with van der Waals surface area (Å²) in [5.41, 5.74) is 0.923. The average molecular weight is 356 g/mol. The summed E-state index contributed by atoms with van der Waals surface area (Å²) in [5.74, 6) is 0.927. The number of carbonyl (C=O) groups excluding carboxylic acids is 2. The first-order valence-corrected chi connectivity index (χ1v) is 9.54. The quantitative estimate of drug-likeness (QED) is 0.834. The molecule has 25 heavy (non-hydrogen) atoms. The molecule has 2 aromatic rings. The second-order valence-electron chi connectivity index (χ2n) is 6.82.